The summed E-state index contributed by atoms with van der Waals surface area (Å²) in [7, 11) is 0. The number of nitrogens with one attached hydrogen (secondary N) is 1. The van der Waals surface area contributed by atoms with Crippen molar-refractivity contribution in [2.45, 2.75) is 19.3 Å². The van der Waals surface area contributed by atoms with Crippen LogP contribution >= 0.6 is 0 Å². The Morgan fingerprint density at radius 1 is 1.35 bits per heavy atom. The molecular weight excluding hydrogens is 214 g/mol. The van der Waals surface area contributed by atoms with Gasteiger partial charge in [0.05, 0.1) is 5.56 Å². The number of rotatable bonds is 3. The van der Waals surface area contributed by atoms with E-state index in [9.17, 15) is 9.90 Å². The SMILES string of the molecule is O=C(NCC1CC=CCC1)c1ccccc1O. The van der Waals surface area contributed by atoms with Gasteiger partial charge >= 0.3 is 0 Å². The zero-order valence-corrected chi connectivity index (χ0v) is 9.73. The van der Waals surface area contributed by atoms with Crippen molar-refractivity contribution in [2.75, 3.05) is 6.54 Å². The van der Waals surface area contributed by atoms with E-state index < -0.39 is 0 Å². The quantitative estimate of drug-likeness (QED) is 0.785. The third-order valence-electron chi connectivity index (χ3n) is 3.08. The number of phenols is 1. The van der Waals surface area contributed by atoms with Gasteiger partial charge in [-0.1, -0.05) is 24.3 Å². The van der Waals surface area contributed by atoms with Gasteiger partial charge in [0.1, 0.15) is 5.75 Å². The van der Waals surface area contributed by atoms with Gasteiger partial charge in [-0.25, -0.2) is 0 Å². The summed E-state index contributed by atoms with van der Waals surface area (Å²) in [6, 6.07) is 6.61. The summed E-state index contributed by atoms with van der Waals surface area (Å²) in [6.45, 7) is 0.678. The molecule has 0 saturated heterocycles. The molecule has 1 aromatic carbocycles. The van der Waals surface area contributed by atoms with Gasteiger partial charge in [0.2, 0.25) is 0 Å². The monoisotopic (exact) mass is 231 g/mol. The predicted molar refractivity (Wildman–Crippen MR) is 66.9 cm³/mol. The van der Waals surface area contributed by atoms with Crippen molar-refractivity contribution >= 4 is 5.91 Å². The molecule has 0 heterocycles. The fraction of sp³-hybridized carbons (Fsp3) is 0.357. The maximum absolute atomic E-state index is 11.8. The first-order valence-electron chi connectivity index (χ1n) is 5.98. The topological polar surface area (TPSA) is 49.3 Å². The van der Waals surface area contributed by atoms with E-state index in [4.69, 9.17) is 0 Å². The van der Waals surface area contributed by atoms with Gasteiger partial charge in [0.25, 0.3) is 5.91 Å². The molecular formula is C14H17NO2. The zero-order chi connectivity index (χ0) is 12.1. The summed E-state index contributed by atoms with van der Waals surface area (Å²) in [5.74, 6) is 0.362. The molecule has 1 aliphatic rings. The maximum atomic E-state index is 11.8. The predicted octanol–water partition coefficient (Wildman–Crippen LogP) is 2.48. The van der Waals surface area contributed by atoms with Gasteiger partial charge in [-0.05, 0) is 37.3 Å². The third-order valence-corrected chi connectivity index (χ3v) is 3.08. The molecule has 0 fully saturated rings. The molecule has 0 radical (unpaired) electrons. The van der Waals surface area contributed by atoms with Gasteiger partial charge in [-0.3, -0.25) is 4.79 Å². The fourth-order valence-corrected chi connectivity index (χ4v) is 2.04. The molecule has 3 nitrogen and oxygen atoms in total. The first kappa shape index (κ1) is 11.7. The highest BCUT2D eigenvalue weighted by molar-refractivity contribution is 5.96. The zero-order valence-electron chi connectivity index (χ0n) is 9.73. The Labute approximate surface area is 101 Å². The van der Waals surface area contributed by atoms with Crippen LogP contribution in [0.1, 0.15) is 29.6 Å². The molecule has 1 atom stereocenters. The third kappa shape index (κ3) is 3.09. The lowest BCUT2D eigenvalue weighted by molar-refractivity contribution is 0.0943. The molecule has 2 rings (SSSR count). The fourth-order valence-electron chi connectivity index (χ4n) is 2.04. The molecule has 0 spiro atoms. The molecule has 3 heteroatoms. The number of hydrogen-bond donors (Lipinski definition) is 2. The summed E-state index contributed by atoms with van der Waals surface area (Å²) >= 11 is 0. The van der Waals surface area contributed by atoms with Crippen LogP contribution < -0.4 is 5.32 Å². The molecule has 1 amide bonds. The van der Waals surface area contributed by atoms with Crippen LogP contribution in [0.4, 0.5) is 0 Å². The molecule has 1 unspecified atom stereocenters. The Morgan fingerprint density at radius 3 is 2.88 bits per heavy atom. The van der Waals surface area contributed by atoms with E-state index in [1.807, 2.05) is 0 Å². The van der Waals surface area contributed by atoms with Gasteiger partial charge in [0.15, 0.2) is 0 Å². The second-order valence-electron chi connectivity index (χ2n) is 4.38. The van der Waals surface area contributed by atoms with Crippen LogP contribution in [-0.4, -0.2) is 17.6 Å². The van der Waals surface area contributed by atoms with Crippen LogP contribution in [0.15, 0.2) is 36.4 Å². The first-order valence-corrected chi connectivity index (χ1v) is 5.98. The lowest BCUT2D eigenvalue weighted by Crippen LogP contribution is -2.29. The Hall–Kier alpha value is -1.77. The molecule has 1 aliphatic carbocycles. The van der Waals surface area contributed by atoms with E-state index in [1.54, 1.807) is 18.2 Å². The van der Waals surface area contributed by atoms with E-state index >= 15 is 0 Å². The maximum Gasteiger partial charge on any atom is 0.255 e. The largest absolute Gasteiger partial charge is 0.507 e. The van der Waals surface area contributed by atoms with Crippen molar-refractivity contribution in [3.05, 3.63) is 42.0 Å². The van der Waals surface area contributed by atoms with E-state index in [0.29, 0.717) is 18.0 Å². The Bertz CT molecular complexity index is 426. The second-order valence-corrected chi connectivity index (χ2v) is 4.38. The summed E-state index contributed by atoms with van der Waals surface area (Å²) in [6.07, 6.45) is 7.59. The number of aromatic hydroxyl groups is 1. The molecule has 0 aliphatic heterocycles. The van der Waals surface area contributed by atoms with Crippen molar-refractivity contribution in [1.29, 1.82) is 0 Å². The van der Waals surface area contributed by atoms with Crippen molar-refractivity contribution < 1.29 is 9.90 Å². The minimum absolute atomic E-state index is 0.0357. The molecule has 90 valence electrons. The number of amides is 1. The van der Waals surface area contributed by atoms with Crippen molar-refractivity contribution in [2.24, 2.45) is 5.92 Å². The molecule has 0 saturated carbocycles. The summed E-state index contributed by atoms with van der Waals surface area (Å²) in [5.41, 5.74) is 0.346. The number of carbonyl (C=O) groups excluding carboxylic acids is 1. The Balaban J connectivity index is 1.89. The minimum atomic E-state index is -0.197. The number of benzene rings is 1. The smallest absolute Gasteiger partial charge is 0.255 e. The number of carbonyl (C=O) groups is 1. The first-order chi connectivity index (χ1) is 8.27. The van der Waals surface area contributed by atoms with Crippen LogP contribution in [0.2, 0.25) is 0 Å². The minimum Gasteiger partial charge on any atom is -0.507 e. The lowest BCUT2D eigenvalue weighted by atomic mass is 9.94. The van der Waals surface area contributed by atoms with E-state index in [-0.39, 0.29) is 11.7 Å². The van der Waals surface area contributed by atoms with E-state index in [0.717, 1.165) is 19.3 Å². The summed E-state index contributed by atoms with van der Waals surface area (Å²) in [4.78, 5) is 11.8. The van der Waals surface area contributed by atoms with Crippen molar-refractivity contribution in [3.63, 3.8) is 0 Å². The Kier molecular flexibility index (Phi) is 3.81. The molecule has 17 heavy (non-hydrogen) atoms. The highest BCUT2D eigenvalue weighted by Gasteiger charge is 2.13. The normalized spacial score (nSPS) is 18.9. The van der Waals surface area contributed by atoms with Gasteiger partial charge < -0.3 is 10.4 Å². The number of allylic oxidation sites excluding steroid dienone is 2. The van der Waals surface area contributed by atoms with E-state index in [2.05, 4.69) is 17.5 Å². The lowest BCUT2D eigenvalue weighted by Gasteiger charge is -2.18. The van der Waals surface area contributed by atoms with Crippen molar-refractivity contribution in [3.8, 4) is 5.75 Å². The van der Waals surface area contributed by atoms with Crippen molar-refractivity contribution in [1.82, 2.24) is 5.32 Å². The molecule has 0 aromatic heterocycles. The van der Waals surface area contributed by atoms with Gasteiger partial charge in [-0.15, -0.1) is 0 Å². The molecule has 0 bridgehead atoms. The molecule has 1 aromatic rings. The van der Waals surface area contributed by atoms with Crippen LogP contribution in [0.5, 0.6) is 5.75 Å². The standard InChI is InChI=1S/C14H17NO2/c16-13-9-5-4-8-12(13)14(17)15-10-11-6-2-1-3-7-11/h1-2,4-5,8-9,11,16H,3,6-7,10H2,(H,15,17). The second kappa shape index (κ2) is 5.53. The van der Waals surface area contributed by atoms with Crippen LogP contribution in [0, 0.1) is 5.92 Å². The highest BCUT2D eigenvalue weighted by Crippen LogP contribution is 2.18. The Morgan fingerprint density at radius 2 is 2.18 bits per heavy atom. The number of hydrogen-bond acceptors (Lipinski definition) is 2. The number of para-hydroxylation sites is 1. The van der Waals surface area contributed by atoms with Crippen LogP contribution in [-0.2, 0) is 0 Å². The average Bonchev–Trinajstić information content (AvgIpc) is 2.38. The van der Waals surface area contributed by atoms with Crippen LogP contribution in [0.3, 0.4) is 0 Å². The van der Waals surface area contributed by atoms with Gasteiger partial charge in [0, 0.05) is 6.54 Å². The molecule has 2 N–H and O–H groups in total. The highest BCUT2D eigenvalue weighted by atomic mass is 16.3. The van der Waals surface area contributed by atoms with E-state index in [1.165, 1.54) is 6.07 Å². The van der Waals surface area contributed by atoms with Crippen LogP contribution in [0.25, 0.3) is 0 Å². The summed E-state index contributed by atoms with van der Waals surface area (Å²) < 4.78 is 0. The average molecular weight is 231 g/mol. The number of phenolic OH excluding ortho intramolecular Hbond substituents is 1. The summed E-state index contributed by atoms with van der Waals surface area (Å²) in [5, 5.41) is 12.4. The van der Waals surface area contributed by atoms with Gasteiger partial charge in [-0.2, -0.15) is 0 Å².